The Hall–Kier alpha value is -0.870. The second-order valence-electron chi connectivity index (χ2n) is 9.51. The minimum Gasteiger partial charge on any atom is -0.481 e. The number of hydrogen-bond donors (Lipinski definition) is 1. The molecule has 0 aromatic rings. The highest BCUT2D eigenvalue weighted by atomic mass is 16.7. The molecule has 0 bridgehead atoms. The van der Waals surface area contributed by atoms with Crippen molar-refractivity contribution in [2.45, 2.75) is 72.5 Å². The maximum Gasteiger partial charge on any atom is 0.310 e. The first-order chi connectivity index (χ1) is 11.7. The quantitative estimate of drug-likeness (QED) is 0.751. The van der Waals surface area contributed by atoms with Crippen LogP contribution in [-0.4, -0.2) is 31.1 Å². The zero-order chi connectivity index (χ0) is 18.4. The van der Waals surface area contributed by atoms with E-state index in [1.165, 1.54) is 18.4 Å². The van der Waals surface area contributed by atoms with Crippen molar-refractivity contribution in [3.63, 3.8) is 0 Å². The highest BCUT2D eigenvalue weighted by molar-refractivity contribution is 5.74. The first-order valence-corrected chi connectivity index (χ1v) is 9.79. The summed E-state index contributed by atoms with van der Waals surface area (Å²) >= 11 is 0. The van der Waals surface area contributed by atoms with Gasteiger partial charge in [-0.15, -0.1) is 0 Å². The van der Waals surface area contributed by atoms with Crippen LogP contribution in [0.2, 0.25) is 0 Å². The summed E-state index contributed by atoms with van der Waals surface area (Å²) in [4.78, 5) is 11.9. The molecule has 25 heavy (non-hydrogen) atoms. The van der Waals surface area contributed by atoms with Crippen LogP contribution >= 0.6 is 0 Å². The van der Waals surface area contributed by atoms with Crippen LogP contribution in [0, 0.1) is 28.6 Å². The molecule has 4 heteroatoms. The lowest BCUT2D eigenvalue weighted by Gasteiger charge is -2.48. The summed E-state index contributed by atoms with van der Waals surface area (Å²) in [6.07, 6.45) is 6.60. The third-order valence-corrected chi connectivity index (χ3v) is 7.00. The van der Waals surface area contributed by atoms with E-state index in [2.05, 4.69) is 20.8 Å². The molecule has 0 aromatic heterocycles. The lowest BCUT2D eigenvalue weighted by Crippen LogP contribution is -2.39. The summed E-state index contributed by atoms with van der Waals surface area (Å²) in [5, 5.41) is 9.80. The molecule has 1 saturated carbocycles. The molecule has 142 valence electrons. The van der Waals surface area contributed by atoms with Crippen molar-refractivity contribution in [2.24, 2.45) is 28.6 Å². The topological polar surface area (TPSA) is 55.8 Å². The number of methoxy groups -OCH3 is 1. The first-order valence-electron chi connectivity index (χ1n) is 9.79. The van der Waals surface area contributed by atoms with Crippen molar-refractivity contribution < 1.29 is 19.4 Å². The summed E-state index contributed by atoms with van der Waals surface area (Å²) in [7, 11) is 1.68. The number of allylic oxidation sites excluding steroid dienone is 1. The van der Waals surface area contributed by atoms with Crippen molar-refractivity contribution >= 4 is 5.97 Å². The summed E-state index contributed by atoms with van der Waals surface area (Å²) in [6, 6.07) is 0. The Kier molecular flexibility index (Phi) is 5.06. The zero-order valence-corrected chi connectivity index (χ0v) is 16.4. The van der Waals surface area contributed by atoms with Crippen molar-refractivity contribution in [2.75, 3.05) is 13.7 Å². The number of carboxylic acid groups (broad SMARTS) is 1. The van der Waals surface area contributed by atoms with E-state index in [0.717, 1.165) is 31.3 Å². The Morgan fingerprint density at radius 1 is 1.32 bits per heavy atom. The molecule has 0 aromatic carbocycles. The zero-order valence-electron chi connectivity index (χ0n) is 16.4. The van der Waals surface area contributed by atoms with Crippen LogP contribution in [0.25, 0.3) is 0 Å². The molecule has 0 spiro atoms. The lowest BCUT2D eigenvalue weighted by atomic mass is 9.56. The molecule has 1 heterocycles. The Morgan fingerprint density at radius 3 is 2.64 bits per heavy atom. The summed E-state index contributed by atoms with van der Waals surface area (Å²) in [5.74, 6) is -0.704. The Morgan fingerprint density at radius 2 is 2.04 bits per heavy atom. The average molecular weight is 350 g/mol. The molecule has 0 radical (unpaired) electrons. The molecular weight excluding hydrogens is 316 g/mol. The van der Waals surface area contributed by atoms with Crippen LogP contribution < -0.4 is 0 Å². The van der Waals surface area contributed by atoms with Crippen LogP contribution in [0.5, 0.6) is 0 Å². The summed E-state index contributed by atoms with van der Waals surface area (Å²) in [6.45, 7) is 9.62. The molecule has 1 unspecified atom stereocenters. The van der Waals surface area contributed by atoms with E-state index >= 15 is 0 Å². The van der Waals surface area contributed by atoms with Gasteiger partial charge >= 0.3 is 5.97 Å². The fourth-order valence-electron chi connectivity index (χ4n) is 5.98. The predicted molar refractivity (Wildman–Crippen MR) is 97.1 cm³/mol. The van der Waals surface area contributed by atoms with Crippen LogP contribution in [0.4, 0.5) is 0 Å². The van der Waals surface area contributed by atoms with Crippen LogP contribution in [0.15, 0.2) is 11.1 Å². The number of carbonyl (C=O) groups is 1. The number of carboxylic acids is 1. The van der Waals surface area contributed by atoms with Crippen molar-refractivity contribution in [1.82, 2.24) is 0 Å². The lowest BCUT2D eigenvalue weighted by molar-refractivity contribution is -0.141. The maximum atomic E-state index is 11.9. The predicted octanol–water partition coefficient (Wildman–Crippen LogP) is 4.64. The molecule has 0 amide bonds. The molecule has 5 atom stereocenters. The number of aliphatic carboxylic acids is 1. The largest absolute Gasteiger partial charge is 0.481 e. The molecule has 3 rings (SSSR count). The Labute approximate surface area is 152 Å². The number of hydrogen-bond acceptors (Lipinski definition) is 3. The third kappa shape index (κ3) is 3.40. The van der Waals surface area contributed by atoms with Crippen LogP contribution in [-0.2, 0) is 14.3 Å². The van der Waals surface area contributed by atoms with Gasteiger partial charge in [0.15, 0.2) is 6.29 Å². The van der Waals surface area contributed by atoms with Crippen molar-refractivity contribution in [3.8, 4) is 0 Å². The molecule has 1 N–H and O–H groups in total. The van der Waals surface area contributed by atoms with Gasteiger partial charge < -0.3 is 14.6 Å². The van der Waals surface area contributed by atoms with Crippen LogP contribution in [0.1, 0.15) is 66.2 Å². The molecular formula is C21H34O4. The molecule has 1 aliphatic heterocycles. The van der Waals surface area contributed by atoms with Gasteiger partial charge in [0, 0.05) is 13.0 Å². The minimum absolute atomic E-state index is 0.0988. The van der Waals surface area contributed by atoms with Crippen LogP contribution in [0.3, 0.4) is 0 Å². The van der Waals surface area contributed by atoms with Gasteiger partial charge in [-0.1, -0.05) is 32.8 Å². The van der Waals surface area contributed by atoms with Crippen molar-refractivity contribution in [1.29, 1.82) is 0 Å². The van der Waals surface area contributed by atoms with Gasteiger partial charge in [0.2, 0.25) is 0 Å². The van der Waals surface area contributed by atoms with Gasteiger partial charge in [-0.3, -0.25) is 4.79 Å². The van der Waals surface area contributed by atoms with Gasteiger partial charge in [0.05, 0.1) is 12.5 Å². The average Bonchev–Trinajstić information content (AvgIpc) is 2.95. The molecule has 2 aliphatic carbocycles. The van der Waals surface area contributed by atoms with E-state index in [4.69, 9.17) is 9.47 Å². The number of ether oxygens (including phenoxy) is 2. The van der Waals surface area contributed by atoms with E-state index < -0.39 is 11.9 Å². The minimum atomic E-state index is -0.728. The monoisotopic (exact) mass is 350 g/mol. The molecule has 2 fully saturated rings. The standard InChI is InChI=1S/C21H34O4/c1-13(18(22)23)16-15(21(4)10-6-9-20(2,3)12-21)8-7-14-11-25-19(24-5)17(14)16/h13-14,17,19H,6-12H2,1-5H3,(H,22,23)/t13-,14+,17-,19?,21+/m1/s1. The second-order valence-corrected chi connectivity index (χ2v) is 9.51. The van der Waals surface area contributed by atoms with Gasteiger partial charge in [-0.25, -0.2) is 0 Å². The normalized spacial score (nSPS) is 39.2. The highest BCUT2D eigenvalue weighted by Gasteiger charge is 2.50. The SMILES string of the molecule is COC1OC[C@@H]2CCC([C@@]3(C)CCCC(C)(C)C3)=C([C@@H](C)C(=O)O)[C@H]12. The van der Waals surface area contributed by atoms with Gasteiger partial charge in [0.25, 0.3) is 0 Å². The number of rotatable bonds is 4. The van der Waals surface area contributed by atoms with E-state index in [1.54, 1.807) is 7.11 Å². The molecule has 3 aliphatic rings. The maximum absolute atomic E-state index is 11.9. The first kappa shape index (κ1) is 18.9. The fraction of sp³-hybridized carbons (Fsp3) is 0.857. The van der Waals surface area contributed by atoms with Gasteiger partial charge in [0.1, 0.15) is 0 Å². The van der Waals surface area contributed by atoms with E-state index in [-0.39, 0.29) is 17.6 Å². The molecule has 1 saturated heterocycles. The summed E-state index contributed by atoms with van der Waals surface area (Å²) < 4.78 is 11.5. The third-order valence-electron chi connectivity index (χ3n) is 7.00. The smallest absolute Gasteiger partial charge is 0.310 e. The summed E-state index contributed by atoms with van der Waals surface area (Å²) in [5.41, 5.74) is 2.95. The van der Waals surface area contributed by atoms with Gasteiger partial charge in [-0.05, 0) is 61.3 Å². The number of fused-ring (bicyclic) bond motifs is 1. The van der Waals surface area contributed by atoms with E-state index in [1.807, 2.05) is 6.92 Å². The molecule has 4 nitrogen and oxygen atoms in total. The van der Waals surface area contributed by atoms with Gasteiger partial charge in [-0.2, -0.15) is 0 Å². The fourth-order valence-corrected chi connectivity index (χ4v) is 5.98. The van der Waals surface area contributed by atoms with E-state index in [9.17, 15) is 9.90 Å². The van der Waals surface area contributed by atoms with Crippen molar-refractivity contribution in [3.05, 3.63) is 11.1 Å². The van der Waals surface area contributed by atoms with E-state index in [0.29, 0.717) is 17.9 Å². The highest BCUT2D eigenvalue weighted by Crippen LogP contribution is 2.56. The second kappa shape index (κ2) is 6.70. The Bertz CT molecular complexity index is 564. The Balaban J connectivity index is 2.08.